The van der Waals surface area contributed by atoms with Crippen LogP contribution in [0.25, 0.3) is 16.9 Å². The van der Waals surface area contributed by atoms with Crippen molar-refractivity contribution in [1.29, 1.82) is 0 Å². The number of rotatable bonds is 5. The van der Waals surface area contributed by atoms with E-state index in [1.807, 2.05) is 12.1 Å². The van der Waals surface area contributed by atoms with Crippen molar-refractivity contribution in [3.8, 4) is 11.3 Å². The topological polar surface area (TPSA) is 109 Å². The highest BCUT2D eigenvalue weighted by Gasteiger charge is 2.38. The van der Waals surface area contributed by atoms with Crippen LogP contribution < -0.4 is 5.56 Å². The second-order valence-corrected chi connectivity index (χ2v) is 13.0. The van der Waals surface area contributed by atoms with Crippen molar-refractivity contribution in [2.24, 2.45) is 5.92 Å². The molecule has 2 aliphatic heterocycles. The van der Waals surface area contributed by atoms with Gasteiger partial charge in [0.25, 0.3) is 11.5 Å². The Kier molecular flexibility index (Phi) is 8.02. The smallest absolute Gasteiger partial charge is 0.410 e. The summed E-state index contributed by atoms with van der Waals surface area (Å²) in [5.41, 5.74) is 2.24. The number of hydrogen-bond acceptors (Lipinski definition) is 6. The first kappa shape index (κ1) is 29.3. The monoisotopic (exact) mass is 593 g/mol. The van der Waals surface area contributed by atoms with Gasteiger partial charge in [-0.15, -0.1) is 0 Å². The van der Waals surface area contributed by atoms with Gasteiger partial charge < -0.3 is 19.3 Å². The first-order valence-electron chi connectivity index (χ1n) is 15.3. The number of ether oxygens (including phenoxy) is 2. The van der Waals surface area contributed by atoms with Crippen molar-refractivity contribution in [2.45, 2.75) is 70.5 Å². The van der Waals surface area contributed by atoms with Crippen molar-refractivity contribution in [3.05, 3.63) is 57.5 Å². The van der Waals surface area contributed by atoms with E-state index in [2.05, 4.69) is 17.2 Å². The molecule has 1 saturated carbocycles. The number of aromatic nitrogens is 3. The summed E-state index contributed by atoms with van der Waals surface area (Å²) in [6.07, 6.45) is 4.96. The Morgan fingerprint density at radius 1 is 1.07 bits per heavy atom. The summed E-state index contributed by atoms with van der Waals surface area (Å²) in [4.78, 5) is 48.1. The van der Waals surface area contributed by atoms with Gasteiger partial charge >= 0.3 is 6.09 Å². The zero-order chi connectivity index (χ0) is 30.3. The highest BCUT2D eigenvalue weighted by atomic mass is 19.1. The van der Waals surface area contributed by atoms with Gasteiger partial charge in [-0.05, 0) is 45.1 Å². The van der Waals surface area contributed by atoms with E-state index >= 15 is 0 Å². The largest absolute Gasteiger partial charge is 0.444 e. The molecule has 6 rings (SSSR count). The lowest BCUT2D eigenvalue weighted by Crippen LogP contribution is -2.51. The normalized spacial score (nSPS) is 20.3. The van der Waals surface area contributed by atoms with Crippen LogP contribution in [0.3, 0.4) is 0 Å². The van der Waals surface area contributed by atoms with Crippen LogP contribution in [0, 0.1) is 5.92 Å². The molecule has 4 heterocycles. The Labute approximate surface area is 250 Å². The van der Waals surface area contributed by atoms with Gasteiger partial charge in [0.15, 0.2) is 5.65 Å². The van der Waals surface area contributed by atoms with Gasteiger partial charge in [0.2, 0.25) is 0 Å². The molecule has 1 aromatic carbocycles. The van der Waals surface area contributed by atoms with Crippen LogP contribution in [0.2, 0.25) is 0 Å². The zero-order valence-electron chi connectivity index (χ0n) is 25.1. The number of carbonyl (C=O) groups excluding carboxylic acids is 2. The van der Waals surface area contributed by atoms with Crippen LogP contribution in [0.1, 0.15) is 86.5 Å². The van der Waals surface area contributed by atoms with E-state index in [1.165, 1.54) is 53.1 Å². The number of fused-ring (bicyclic) bond motifs is 1. The summed E-state index contributed by atoms with van der Waals surface area (Å²) in [5, 5.41) is 3.07. The fourth-order valence-corrected chi connectivity index (χ4v) is 6.32. The van der Waals surface area contributed by atoms with Gasteiger partial charge in [-0.1, -0.05) is 43.5 Å². The van der Waals surface area contributed by atoms with Crippen LogP contribution in [0.5, 0.6) is 0 Å². The van der Waals surface area contributed by atoms with Crippen molar-refractivity contribution in [1.82, 2.24) is 24.4 Å². The number of alkyl halides is 1. The molecule has 1 aliphatic carbocycles. The van der Waals surface area contributed by atoms with E-state index < -0.39 is 24.5 Å². The van der Waals surface area contributed by atoms with Gasteiger partial charge in [-0.3, -0.25) is 19.1 Å². The summed E-state index contributed by atoms with van der Waals surface area (Å²) < 4.78 is 26.1. The molecule has 0 bridgehead atoms. The molecular formula is C32H40FN5O5. The molecule has 0 radical (unpaired) electrons. The summed E-state index contributed by atoms with van der Waals surface area (Å²) >= 11 is 0. The van der Waals surface area contributed by atoms with E-state index in [1.54, 1.807) is 25.7 Å². The number of carbonyl (C=O) groups is 2. The second kappa shape index (κ2) is 11.7. The fourth-order valence-electron chi connectivity index (χ4n) is 6.32. The van der Waals surface area contributed by atoms with Crippen LogP contribution >= 0.6 is 0 Å². The number of hydrogen-bond donors (Lipinski definition) is 1. The summed E-state index contributed by atoms with van der Waals surface area (Å²) in [6, 6.07) is 9.65. The molecule has 43 heavy (non-hydrogen) atoms. The van der Waals surface area contributed by atoms with Gasteiger partial charge in [-0.25, -0.2) is 14.3 Å². The molecule has 3 aliphatic rings. The van der Waals surface area contributed by atoms with Gasteiger partial charge in [0.1, 0.15) is 17.3 Å². The number of amides is 2. The molecule has 0 spiro atoms. The summed E-state index contributed by atoms with van der Waals surface area (Å²) in [6.45, 7) is 6.15. The molecule has 230 valence electrons. The van der Waals surface area contributed by atoms with Crippen LogP contribution in [0.4, 0.5) is 9.18 Å². The van der Waals surface area contributed by atoms with Gasteiger partial charge in [-0.2, -0.15) is 0 Å². The van der Waals surface area contributed by atoms with Crippen LogP contribution in [-0.4, -0.2) is 81.5 Å². The standard InChI is InChI=1S/C32H40FN5O5/c1-32(2,3)43-31(41)36-13-14-42-25(19-36)28-27(30(40)37-17-20(16-33)18-37)29-34-24(15-26(39)38(29)35-28)23-11-9-22(10-12-23)21-7-5-4-6-8-21/h9-12,15,20-21,25,35H,4-8,13-14,16-19H2,1-3H3. The lowest BCUT2D eigenvalue weighted by atomic mass is 9.84. The van der Waals surface area contributed by atoms with E-state index in [-0.39, 0.29) is 54.8 Å². The average molecular weight is 594 g/mol. The molecule has 1 N–H and O–H groups in total. The molecule has 1 unspecified atom stereocenters. The third-order valence-electron chi connectivity index (χ3n) is 8.64. The Balaban J connectivity index is 1.37. The Hall–Kier alpha value is -3.73. The van der Waals surface area contributed by atoms with Gasteiger partial charge in [0.05, 0.1) is 31.2 Å². The molecule has 10 nitrogen and oxygen atoms in total. The number of benzene rings is 1. The van der Waals surface area contributed by atoms with Gasteiger partial charge in [0, 0.05) is 37.2 Å². The summed E-state index contributed by atoms with van der Waals surface area (Å²) in [7, 11) is 0. The fraction of sp³-hybridized carbons (Fsp3) is 0.562. The van der Waals surface area contributed by atoms with Crippen molar-refractivity contribution >= 4 is 17.6 Å². The minimum Gasteiger partial charge on any atom is -0.444 e. The quantitative estimate of drug-likeness (QED) is 0.442. The Morgan fingerprint density at radius 3 is 2.47 bits per heavy atom. The number of likely N-dealkylation sites (tertiary alicyclic amines) is 1. The number of aromatic amines is 1. The number of nitrogens with one attached hydrogen (secondary N) is 1. The maximum absolute atomic E-state index is 13.9. The number of halogens is 1. The van der Waals surface area contributed by atoms with Crippen LogP contribution in [0.15, 0.2) is 35.1 Å². The third kappa shape index (κ3) is 6.04. The second-order valence-electron chi connectivity index (χ2n) is 13.0. The Bertz CT molecular complexity index is 1550. The van der Waals surface area contributed by atoms with E-state index in [0.29, 0.717) is 23.9 Å². The average Bonchev–Trinajstić information content (AvgIpc) is 3.37. The molecule has 2 amide bonds. The predicted molar refractivity (Wildman–Crippen MR) is 159 cm³/mol. The maximum atomic E-state index is 13.9. The first-order chi connectivity index (χ1) is 20.6. The molecule has 11 heteroatoms. The third-order valence-corrected chi connectivity index (χ3v) is 8.64. The highest BCUT2D eigenvalue weighted by molar-refractivity contribution is 6.02. The molecule has 2 saturated heterocycles. The van der Waals surface area contributed by atoms with Crippen molar-refractivity contribution in [3.63, 3.8) is 0 Å². The SMILES string of the molecule is CC(C)(C)OC(=O)N1CCOC(c2[nH]n3c(=O)cc(-c4ccc(C5CCCCC5)cc4)nc3c2C(=O)N2CC(CF)C2)C1. The number of nitrogens with zero attached hydrogens (tertiary/aromatic N) is 4. The minimum absolute atomic E-state index is 0.124. The zero-order valence-corrected chi connectivity index (χ0v) is 25.1. The molecule has 3 aromatic rings. The lowest BCUT2D eigenvalue weighted by molar-refractivity contribution is -0.0450. The van der Waals surface area contributed by atoms with E-state index in [0.717, 1.165) is 5.56 Å². The predicted octanol–water partition coefficient (Wildman–Crippen LogP) is 5.09. The van der Waals surface area contributed by atoms with E-state index in [9.17, 15) is 18.8 Å². The molecular weight excluding hydrogens is 553 g/mol. The lowest BCUT2D eigenvalue weighted by Gasteiger charge is -2.38. The van der Waals surface area contributed by atoms with Crippen LogP contribution in [-0.2, 0) is 9.47 Å². The Morgan fingerprint density at radius 2 is 1.79 bits per heavy atom. The molecule has 1 atom stereocenters. The first-order valence-corrected chi connectivity index (χ1v) is 15.3. The summed E-state index contributed by atoms with van der Waals surface area (Å²) in [5.74, 6) is -0.00557. The number of H-pyrrole nitrogens is 1. The minimum atomic E-state index is -0.724. The highest BCUT2D eigenvalue weighted by Crippen LogP contribution is 2.34. The maximum Gasteiger partial charge on any atom is 0.410 e. The molecule has 3 fully saturated rings. The molecule has 2 aromatic heterocycles. The van der Waals surface area contributed by atoms with Crippen molar-refractivity contribution < 1.29 is 23.5 Å². The number of morpholine rings is 1. The van der Waals surface area contributed by atoms with Crippen molar-refractivity contribution in [2.75, 3.05) is 39.5 Å². The van der Waals surface area contributed by atoms with E-state index in [4.69, 9.17) is 14.5 Å².